The molecule has 2 heterocycles. The minimum absolute atomic E-state index is 0.0762. The number of methoxy groups -OCH3 is 1. The second-order valence-electron chi connectivity index (χ2n) is 9.46. The number of nitrogens with two attached hydrogens (primary N) is 1. The molecule has 3 atom stereocenters. The van der Waals surface area contributed by atoms with Gasteiger partial charge in [0.1, 0.15) is 18.4 Å². The third-order valence-electron chi connectivity index (χ3n) is 7.14. The molecule has 11 nitrogen and oxygen atoms in total. The quantitative estimate of drug-likeness (QED) is 0.177. The predicted molar refractivity (Wildman–Crippen MR) is 144 cm³/mol. The first-order valence-corrected chi connectivity index (χ1v) is 12.5. The van der Waals surface area contributed by atoms with Gasteiger partial charge in [0, 0.05) is 54.8 Å². The van der Waals surface area contributed by atoms with Crippen molar-refractivity contribution in [2.24, 2.45) is 5.73 Å². The van der Waals surface area contributed by atoms with Crippen LogP contribution in [0.25, 0.3) is 0 Å². The topological polar surface area (TPSA) is 139 Å². The van der Waals surface area contributed by atoms with E-state index in [1.54, 1.807) is 19.1 Å². The van der Waals surface area contributed by atoms with Crippen molar-refractivity contribution in [1.29, 1.82) is 0 Å². The van der Waals surface area contributed by atoms with Crippen molar-refractivity contribution in [3.63, 3.8) is 0 Å². The predicted octanol–water partition coefficient (Wildman–Crippen LogP) is 2.55. The van der Waals surface area contributed by atoms with Crippen molar-refractivity contribution in [3.8, 4) is 0 Å². The largest absolute Gasteiger partial charge is 0.466 e. The molecule has 0 saturated carbocycles. The highest BCUT2D eigenvalue weighted by Gasteiger charge is 2.40. The second kappa shape index (κ2) is 11.6. The van der Waals surface area contributed by atoms with Crippen LogP contribution in [0.1, 0.15) is 25.3 Å². The molecular formula is C28H31N5O6. The number of esters is 1. The number of hydrogen-bond donors (Lipinski definition) is 1. The zero-order chi connectivity index (χ0) is 28.3. The lowest BCUT2D eigenvalue weighted by molar-refractivity contribution is -0.384. The van der Waals surface area contributed by atoms with E-state index in [9.17, 15) is 24.5 Å². The number of rotatable bonds is 8. The Labute approximate surface area is 226 Å². The monoisotopic (exact) mass is 533 g/mol. The van der Waals surface area contributed by atoms with Gasteiger partial charge in [-0.2, -0.15) is 0 Å². The van der Waals surface area contributed by atoms with Crippen molar-refractivity contribution >= 4 is 29.4 Å². The van der Waals surface area contributed by atoms with Crippen molar-refractivity contribution in [2.75, 3.05) is 31.6 Å². The maximum atomic E-state index is 13.2. The molecule has 0 radical (unpaired) electrons. The van der Waals surface area contributed by atoms with Gasteiger partial charge in [-0.15, -0.1) is 0 Å². The number of carbonyl (C=O) groups is 3. The van der Waals surface area contributed by atoms with Gasteiger partial charge >= 0.3 is 5.97 Å². The minimum Gasteiger partial charge on any atom is -0.466 e. The Bertz CT molecular complexity index is 1340. The molecule has 11 heteroatoms. The zero-order valence-electron chi connectivity index (χ0n) is 22.0. The number of carbonyl (C=O) groups excluding carboxylic acids is 3. The van der Waals surface area contributed by atoms with Crippen molar-refractivity contribution in [3.05, 3.63) is 93.3 Å². The summed E-state index contributed by atoms with van der Waals surface area (Å²) in [6.07, 6.45) is 2.30. The van der Waals surface area contributed by atoms with Crippen molar-refractivity contribution < 1.29 is 24.0 Å². The molecule has 0 aliphatic carbocycles. The van der Waals surface area contributed by atoms with Crippen LogP contribution in [-0.2, 0) is 19.1 Å². The number of Topliss-reactive ketones (excluding diaryl/α,β-unsaturated/α-hetero) is 1. The summed E-state index contributed by atoms with van der Waals surface area (Å²) in [7, 11) is 1.29. The molecule has 2 aromatic carbocycles. The number of hydrogen-bond acceptors (Lipinski definition) is 10. The summed E-state index contributed by atoms with van der Waals surface area (Å²) >= 11 is 0. The lowest BCUT2D eigenvalue weighted by Gasteiger charge is -2.49. The van der Waals surface area contributed by atoms with E-state index in [0.29, 0.717) is 36.2 Å². The van der Waals surface area contributed by atoms with Gasteiger partial charge in [0.25, 0.3) is 5.69 Å². The molecule has 0 aromatic heterocycles. The van der Waals surface area contributed by atoms with Crippen LogP contribution in [0.4, 0.5) is 11.4 Å². The van der Waals surface area contributed by atoms with E-state index in [1.807, 2.05) is 58.2 Å². The summed E-state index contributed by atoms with van der Waals surface area (Å²) in [5, 5.41) is 15.2. The number of ether oxygens (including phenoxy) is 1. The molecule has 0 amide bonds. The summed E-state index contributed by atoms with van der Waals surface area (Å²) in [6.45, 7) is 4.84. The average Bonchev–Trinajstić information content (AvgIpc) is 2.96. The molecule has 2 N–H and O–H groups in total. The highest BCUT2D eigenvalue weighted by Crippen LogP contribution is 2.39. The van der Waals surface area contributed by atoms with Gasteiger partial charge in [-0.1, -0.05) is 36.4 Å². The third-order valence-corrected chi connectivity index (χ3v) is 7.14. The maximum absolute atomic E-state index is 13.2. The van der Waals surface area contributed by atoms with E-state index in [-0.39, 0.29) is 12.2 Å². The van der Waals surface area contributed by atoms with E-state index in [0.717, 1.165) is 11.4 Å². The van der Waals surface area contributed by atoms with E-state index < -0.39 is 34.7 Å². The fraction of sp³-hybridized carbons (Fsp3) is 0.321. The van der Waals surface area contributed by atoms with Gasteiger partial charge < -0.3 is 20.2 Å². The Morgan fingerprint density at radius 3 is 2.49 bits per heavy atom. The first kappa shape index (κ1) is 27.7. The number of allylic oxidation sites excluding steroid dienone is 3. The fourth-order valence-electron chi connectivity index (χ4n) is 5.32. The second-order valence-corrected chi connectivity index (χ2v) is 9.46. The summed E-state index contributed by atoms with van der Waals surface area (Å²) in [5.41, 5.74) is 8.89. The van der Waals surface area contributed by atoms with Gasteiger partial charge in [-0.05, 0) is 31.5 Å². The number of nitro benzene ring substituents is 1. The number of aldehydes is 1. The number of piperazine rings is 1. The SMILES string of the molecule is COC(=O)C1=C(C)N(N2CCN(c3ccccc3)C(C(=O)C(N)C=O)C2)C(C)=CC1c1cccc([N+](=O)[O-])c1. The van der Waals surface area contributed by atoms with Crippen LogP contribution in [0, 0.1) is 10.1 Å². The van der Waals surface area contributed by atoms with Gasteiger partial charge in [-0.25, -0.2) is 9.80 Å². The van der Waals surface area contributed by atoms with Gasteiger partial charge in [0.15, 0.2) is 5.78 Å². The summed E-state index contributed by atoms with van der Waals surface area (Å²) in [5.74, 6) is -1.53. The van der Waals surface area contributed by atoms with Crippen LogP contribution in [0.3, 0.4) is 0 Å². The number of ketones is 1. The standard InChI is InChI=1S/C28H31N5O6/c1-18-14-23(20-8-7-11-22(15-20)33(37)38)26(28(36)39-3)19(2)32(18)30-12-13-31(21-9-5-4-6-10-21)25(16-30)27(35)24(29)17-34/h4-11,14-15,17,23-25H,12-13,16,29H2,1-3H3. The number of anilines is 1. The molecule has 0 spiro atoms. The molecule has 0 bridgehead atoms. The number of non-ortho nitro benzene ring substituents is 1. The molecule has 1 saturated heterocycles. The molecular weight excluding hydrogens is 502 g/mol. The Morgan fingerprint density at radius 2 is 1.85 bits per heavy atom. The average molecular weight is 534 g/mol. The number of nitrogens with zero attached hydrogens (tertiary/aromatic N) is 4. The number of para-hydroxylation sites is 1. The highest BCUT2D eigenvalue weighted by molar-refractivity contribution is 6.02. The fourth-order valence-corrected chi connectivity index (χ4v) is 5.32. The molecule has 2 aliphatic heterocycles. The van der Waals surface area contributed by atoms with Crippen LogP contribution in [0.5, 0.6) is 0 Å². The molecule has 4 rings (SSSR count). The molecule has 1 fully saturated rings. The summed E-state index contributed by atoms with van der Waals surface area (Å²) in [6, 6.07) is 13.6. The van der Waals surface area contributed by atoms with Crippen molar-refractivity contribution in [1.82, 2.24) is 10.0 Å². The highest BCUT2D eigenvalue weighted by atomic mass is 16.6. The maximum Gasteiger partial charge on any atom is 0.336 e. The lowest BCUT2D eigenvalue weighted by atomic mass is 9.86. The minimum atomic E-state index is -1.26. The van der Waals surface area contributed by atoms with Gasteiger partial charge in [0.05, 0.1) is 17.6 Å². The number of benzene rings is 2. The van der Waals surface area contributed by atoms with Crippen LogP contribution in [0.15, 0.2) is 77.6 Å². The summed E-state index contributed by atoms with van der Waals surface area (Å²) < 4.78 is 5.12. The normalized spacial score (nSPS) is 20.8. The number of hydrazine groups is 1. The van der Waals surface area contributed by atoms with Crippen LogP contribution in [0.2, 0.25) is 0 Å². The van der Waals surface area contributed by atoms with Crippen LogP contribution >= 0.6 is 0 Å². The first-order valence-electron chi connectivity index (χ1n) is 12.5. The smallest absolute Gasteiger partial charge is 0.336 e. The Hall–Kier alpha value is -4.35. The molecule has 39 heavy (non-hydrogen) atoms. The summed E-state index contributed by atoms with van der Waals surface area (Å²) in [4.78, 5) is 50.6. The first-order chi connectivity index (χ1) is 18.7. The lowest BCUT2D eigenvalue weighted by Crippen LogP contribution is -2.63. The van der Waals surface area contributed by atoms with E-state index in [1.165, 1.54) is 19.2 Å². The van der Waals surface area contributed by atoms with E-state index in [4.69, 9.17) is 10.5 Å². The van der Waals surface area contributed by atoms with Gasteiger partial charge in [0.2, 0.25) is 0 Å². The van der Waals surface area contributed by atoms with Crippen LogP contribution in [-0.4, -0.2) is 71.8 Å². The van der Waals surface area contributed by atoms with Crippen molar-refractivity contribution in [2.45, 2.75) is 31.8 Å². The molecule has 2 aromatic rings. The third kappa shape index (κ3) is 5.45. The van der Waals surface area contributed by atoms with E-state index in [2.05, 4.69) is 0 Å². The zero-order valence-corrected chi connectivity index (χ0v) is 22.0. The number of nitro groups is 1. The van der Waals surface area contributed by atoms with Crippen LogP contribution < -0.4 is 10.6 Å². The van der Waals surface area contributed by atoms with Gasteiger partial charge in [-0.3, -0.25) is 19.9 Å². The molecule has 2 aliphatic rings. The Kier molecular flexibility index (Phi) is 8.22. The van der Waals surface area contributed by atoms with E-state index >= 15 is 0 Å². The molecule has 204 valence electrons. The Morgan fingerprint density at radius 1 is 1.13 bits per heavy atom. The Balaban J connectivity index is 1.73. The molecule has 3 unspecified atom stereocenters.